The van der Waals surface area contributed by atoms with E-state index < -0.39 is 25.6 Å². The summed E-state index contributed by atoms with van der Waals surface area (Å²) in [5, 5.41) is 0. The summed E-state index contributed by atoms with van der Waals surface area (Å²) in [4.78, 5) is 10.8. The van der Waals surface area contributed by atoms with Crippen molar-refractivity contribution in [2.24, 2.45) is 0 Å². The minimum absolute atomic E-state index is 0.318. The molecule has 0 aliphatic carbocycles. The predicted molar refractivity (Wildman–Crippen MR) is 73.0 cm³/mol. The molecule has 0 radical (unpaired) electrons. The van der Waals surface area contributed by atoms with Crippen molar-refractivity contribution in [2.45, 2.75) is 11.5 Å². The van der Waals surface area contributed by atoms with Crippen molar-refractivity contribution in [3.63, 3.8) is 0 Å². The molecule has 2 rings (SSSR count). The Morgan fingerprint density at radius 3 is 3.00 bits per heavy atom. The summed E-state index contributed by atoms with van der Waals surface area (Å²) < 4.78 is 20.0. The summed E-state index contributed by atoms with van der Waals surface area (Å²) in [6.07, 6.45) is 1.76. The number of aromatic nitrogens is 2. The van der Waals surface area contributed by atoms with Crippen LogP contribution >= 0.6 is 34.5 Å². The molecule has 1 aliphatic rings. The molecule has 1 aromatic rings. The van der Waals surface area contributed by atoms with Gasteiger partial charge < -0.3 is 0 Å². The van der Waals surface area contributed by atoms with Crippen LogP contribution in [-0.2, 0) is 21.2 Å². The van der Waals surface area contributed by atoms with E-state index in [4.69, 9.17) is 4.78 Å². The van der Waals surface area contributed by atoms with Crippen LogP contribution in [0.1, 0.15) is 11.3 Å². The number of rotatable bonds is 1. The normalized spacial score (nSPS) is 26.0. The second-order valence-corrected chi connectivity index (χ2v) is 16.8. The average Bonchev–Trinajstić information content (AvgIpc) is 2.36. The second-order valence-electron chi connectivity index (χ2n) is 3.11. The van der Waals surface area contributed by atoms with Gasteiger partial charge in [0.1, 0.15) is 0 Å². The van der Waals surface area contributed by atoms with E-state index in [0.717, 1.165) is 15.1 Å². The van der Waals surface area contributed by atoms with Crippen molar-refractivity contribution in [1.29, 1.82) is 4.78 Å². The Hall–Kier alpha value is 0.490. The molecule has 14 heavy (non-hydrogen) atoms. The molecule has 78 valence electrons. The zero-order chi connectivity index (χ0) is 10.3. The fraction of sp³-hybridized carbons (Fsp3) is 0.429. The Morgan fingerprint density at radius 1 is 1.64 bits per heavy atom. The summed E-state index contributed by atoms with van der Waals surface area (Å²) in [6.45, 7) is 0. The summed E-state index contributed by atoms with van der Waals surface area (Å²) in [5.41, 5.74) is 1.75. The fourth-order valence-electron chi connectivity index (χ4n) is 1.31. The predicted octanol–water partition coefficient (Wildman–Crippen LogP) is 2.19. The quantitative estimate of drug-likeness (QED) is 0.417. The monoisotopic (exact) mass is 437 g/mol. The average molecular weight is 437 g/mol. The van der Waals surface area contributed by atoms with Gasteiger partial charge in [-0.3, -0.25) is 0 Å². The number of alkyl halides is 1. The van der Waals surface area contributed by atoms with E-state index in [1.54, 1.807) is 6.20 Å². The fourth-order valence-corrected chi connectivity index (χ4v) is 5.31. The van der Waals surface area contributed by atoms with E-state index >= 15 is 0 Å². The molecule has 1 N–H and O–H groups in total. The Labute approximate surface area is 99.8 Å². The molecule has 0 spiro atoms. The van der Waals surface area contributed by atoms with Gasteiger partial charge in [0.2, 0.25) is 0 Å². The summed E-state index contributed by atoms with van der Waals surface area (Å²) >= 11 is 1.22. The number of hydrogen-bond donors (Lipinski definition) is 1. The first kappa shape index (κ1) is 11.0. The molecule has 0 bridgehead atoms. The molecular weight excluding hydrogens is 428 g/mol. The zero-order valence-corrected chi connectivity index (χ0v) is 12.6. The molecule has 0 fully saturated rings. The van der Waals surface area contributed by atoms with Gasteiger partial charge in [0.05, 0.1) is 0 Å². The van der Waals surface area contributed by atoms with Gasteiger partial charge in [-0.25, -0.2) is 0 Å². The number of hydrogen-bond acceptors (Lipinski definition) is 4. The van der Waals surface area contributed by atoms with Gasteiger partial charge in [-0.05, 0) is 0 Å². The van der Waals surface area contributed by atoms with Gasteiger partial charge >= 0.3 is 101 Å². The Bertz CT molecular complexity index is 472. The van der Waals surface area contributed by atoms with Crippen molar-refractivity contribution in [3.05, 3.63) is 21.3 Å². The van der Waals surface area contributed by atoms with E-state index in [-0.39, 0.29) is 0 Å². The first-order valence-electron chi connectivity index (χ1n) is 3.83. The van der Waals surface area contributed by atoms with Crippen LogP contribution in [0.3, 0.4) is 0 Å². The molecule has 1 atom stereocenters. The van der Waals surface area contributed by atoms with Crippen LogP contribution in [0.2, 0.25) is 0 Å². The van der Waals surface area contributed by atoms with Crippen LogP contribution in [-0.4, -0.2) is 19.1 Å². The van der Waals surface area contributed by atoms with Gasteiger partial charge in [-0.1, -0.05) is 0 Å². The minimum atomic E-state index is -2.44. The first-order chi connectivity index (χ1) is 6.48. The molecule has 4 nitrogen and oxygen atoms in total. The molecule has 0 saturated heterocycles. The standard InChI is InChI=1S/C7H9I2N3OS/c1-9(8)7-11-2-5-3-14(10,13)4-6(5)12-7/h2,10H,3-4H2,1H3. The van der Waals surface area contributed by atoms with Crippen molar-refractivity contribution in [3.8, 4) is 0 Å². The molecule has 1 aromatic heterocycles. The maximum absolute atomic E-state index is 11.5. The van der Waals surface area contributed by atoms with E-state index in [0.29, 0.717) is 11.5 Å². The van der Waals surface area contributed by atoms with E-state index in [2.05, 4.69) is 33.5 Å². The maximum atomic E-state index is 11.5. The van der Waals surface area contributed by atoms with E-state index in [1.807, 2.05) is 0 Å². The second kappa shape index (κ2) is 3.81. The van der Waals surface area contributed by atoms with Gasteiger partial charge in [-0.15, -0.1) is 0 Å². The van der Waals surface area contributed by atoms with E-state index in [9.17, 15) is 4.21 Å². The van der Waals surface area contributed by atoms with Crippen LogP contribution < -0.4 is 0 Å². The van der Waals surface area contributed by atoms with Crippen molar-refractivity contribution in [2.75, 3.05) is 4.93 Å². The summed E-state index contributed by atoms with van der Waals surface area (Å²) in [7, 11) is -2.44. The molecule has 0 aromatic carbocycles. The van der Waals surface area contributed by atoms with Gasteiger partial charge in [0, 0.05) is 0 Å². The number of nitrogens with zero attached hydrogens (tertiary/aromatic N) is 2. The van der Waals surface area contributed by atoms with Crippen LogP contribution in [0.15, 0.2) is 6.20 Å². The van der Waals surface area contributed by atoms with Crippen LogP contribution in [0.4, 0.5) is 0 Å². The number of halogens is 2. The van der Waals surface area contributed by atoms with Gasteiger partial charge in [-0.2, -0.15) is 0 Å². The molecule has 1 aliphatic heterocycles. The van der Waals surface area contributed by atoms with Crippen LogP contribution in [0.25, 0.3) is 0 Å². The Morgan fingerprint density at radius 2 is 2.36 bits per heavy atom. The molecule has 0 amide bonds. The third-order valence-electron chi connectivity index (χ3n) is 1.92. The zero-order valence-electron chi connectivity index (χ0n) is 7.46. The van der Waals surface area contributed by atoms with Gasteiger partial charge in [0.25, 0.3) is 0 Å². The van der Waals surface area contributed by atoms with Crippen LogP contribution in [0.5, 0.6) is 0 Å². The third-order valence-corrected chi connectivity index (χ3v) is 7.73. The number of fused-ring (bicyclic) bond motifs is 1. The molecular formula is C7H9I2N3OS. The SMILES string of the molecule is CI(I)c1ncc2c(n1)CS(=N)(=O)C2. The molecule has 2 heterocycles. The van der Waals surface area contributed by atoms with Crippen molar-refractivity contribution < 1.29 is 4.21 Å². The third kappa shape index (κ3) is 2.18. The number of nitrogens with one attached hydrogen (secondary N) is 1. The Kier molecular flexibility index (Phi) is 2.99. The van der Waals surface area contributed by atoms with Crippen molar-refractivity contribution >= 4 is 44.2 Å². The van der Waals surface area contributed by atoms with Gasteiger partial charge in [0.15, 0.2) is 0 Å². The molecule has 7 heteroatoms. The van der Waals surface area contributed by atoms with Crippen LogP contribution in [0, 0.1) is 8.61 Å². The topological polar surface area (TPSA) is 66.7 Å². The summed E-state index contributed by atoms with van der Waals surface area (Å²) in [5.74, 6) is 0.653. The Balaban J connectivity index is 2.45. The molecule has 1 unspecified atom stereocenters. The van der Waals surface area contributed by atoms with E-state index in [1.165, 1.54) is 0 Å². The molecule has 0 saturated carbocycles. The summed E-state index contributed by atoms with van der Waals surface area (Å²) in [6, 6.07) is 0. The first-order valence-corrected chi connectivity index (χ1v) is 15.3. The van der Waals surface area contributed by atoms with Crippen molar-refractivity contribution in [1.82, 2.24) is 9.97 Å².